The highest BCUT2D eigenvalue weighted by Gasteiger charge is 2.19. The summed E-state index contributed by atoms with van der Waals surface area (Å²) in [6, 6.07) is 13.9. The van der Waals surface area contributed by atoms with Crippen LogP contribution in [0, 0.1) is 13.8 Å². The van der Waals surface area contributed by atoms with Gasteiger partial charge in [-0.25, -0.2) is 0 Å². The fourth-order valence-corrected chi connectivity index (χ4v) is 2.58. The van der Waals surface area contributed by atoms with Gasteiger partial charge in [0.25, 0.3) is 5.91 Å². The summed E-state index contributed by atoms with van der Waals surface area (Å²) < 4.78 is 0. The van der Waals surface area contributed by atoms with Crippen LogP contribution in [0.5, 0.6) is 0 Å². The number of para-hydroxylation sites is 1. The van der Waals surface area contributed by atoms with Crippen molar-refractivity contribution in [3.05, 3.63) is 77.4 Å². The van der Waals surface area contributed by atoms with E-state index in [4.69, 9.17) is 0 Å². The van der Waals surface area contributed by atoms with Gasteiger partial charge in [0.2, 0.25) is 0 Å². The first-order chi connectivity index (χ1) is 10.1. The van der Waals surface area contributed by atoms with E-state index in [1.54, 1.807) is 4.90 Å². The second kappa shape index (κ2) is 6.40. The molecule has 108 valence electrons. The smallest absolute Gasteiger partial charge is 0.258 e. The fourth-order valence-electron chi connectivity index (χ4n) is 2.58. The summed E-state index contributed by atoms with van der Waals surface area (Å²) in [6.07, 6.45) is 2.53. The highest BCUT2D eigenvalue weighted by atomic mass is 16.2. The molecule has 0 saturated heterocycles. The van der Waals surface area contributed by atoms with E-state index in [1.165, 1.54) is 0 Å². The number of rotatable bonds is 4. The lowest BCUT2D eigenvalue weighted by Gasteiger charge is -2.22. The highest BCUT2D eigenvalue weighted by molar-refractivity contribution is 6.08. The molecule has 0 spiro atoms. The number of carbonyl (C=O) groups is 1. The number of hydrogen-bond donors (Lipinski definition) is 0. The van der Waals surface area contributed by atoms with E-state index in [2.05, 4.69) is 6.58 Å². The van der Waals surface area contributed by atoms with Gasteiger partial charge in [0.1, 0.15) is 0 Å². The summed E-state index contributed by atoms with van der Waals surface area (Å²) >= 11 is 0. The van der Waals surface area contributed by atoms with Crippen LogP contribution in [-0.2, 0) is 6.42 Å². The summed E-state index contributed by atoms with van der Waals surface area (Å²) in [5, 5.41) is 0. The van der Waals surface area contributed by atoms with Gasteiger partial charge in [-0.2, -0.15) is 0 Å². The van der Waals surface area contributed by atoms with Crippen LogP contribution in [0.2, 0.25) is 0 Å². The predicted octanol–water partition coefficient (Wildman–Crippen LogP) is 4.31. The number of allylic oxidation sites excluding steroid dienone is 1. The summed E-state index contributed by atoms with van der Waals surface area (Å²) in [7, 11) is 1.83. The third-order valence-electron chi connectivity index (χ3n) is 3.72. The Morgan fingerprint density at radius 1 is 1.10 bits per heavy atom. The zero-order valence-electron chi connectivity index (χ0n) is 12.9. The van der Waals surface area contributed by atoms with Crippen LogP contribution >= 0.6 is 0 Å². The molecule has 2 aromatic rings. The molecular weight excluding hydrogens is 258 g/mol. The van der Waals surface area contributed by atoms with Crippen molar-refractivity contribution in [3.63, 3.8) is 0 Å². The number of carbonyl (C=O) groups excluding carboxylic acids is 1. The van der Waals surface area contributed by atoms with Gasteiger partial charge >= 0.3 is 0 Å². The molecule has 0 heterocycles. The number of aryl methyl sites for hydroxylation is 2. The van der Waals surface area contributed by atoms with Gasteiger partial charge in [0.05, 0.1) is 0 Å². The zero-order chi connectivity index (χ0) is 15.4. The van der Waals surface area contributed by atoms with Crippen molar-refractivity contribution in [3.8, 4) is 0 Å². The monoisotopic (exact) mass is 279 g/mol. The maximum atomic E-state index is 12.9. The van der Waals surface area contributed by atoms with Gasteiger partial charge in [0.15, 0.2) is 0 Å². The van der Waals surface area contributed by atoms with E-state index in [1.807, 2.05) is 69.4 Å². The predicted molar refractivity (Wildman–Crippen MR) is 89.0 cm³/mol. The van der Waals surface area contributed by atoms with Crippen molar-refractivity contribution in [1.82, 2.24) is 0 Å². The van der Waals surface area contributed by atoms with Gasteiger partial charge < -0.3 is 4.90 Å². The molecule has 0 radical (unpaired) electrons. The van der Waals surface area contributed by atoms with Crippen LogP contribution < -0.4 is 4.90 Å². The number of nitrogens with zero attached hydrogens (tertiary/aromatic N) is 1. The molecule has 0 aromatic heterocycles. The minimum Gasteiger partial charge on any atom is -0.311 e. The van der Waals surface area contributed by atoms with Gasteiger partial charge in [-0.15, -0.1) is 6.58 Å². The Labute approximate surface area is 126 Å². The number of benzene rings is 2. The Balaban J connectivity index is 2.45. The molecule has 2 rings (SSSR count). The Bertz CT molecular complexity index is 673. The van der Waals surface area contributed by atoms with Crippen LogP contribution in [0.15, 0.2) is 55.1 Å². The molecule has 1 amide bonds. The normalized spacial score (nSPS) is 10.2. The second-order valence-electron chi connectivity index (χ2n) is 5.25. The fraction of sp³-hybridized carbons (Fsp3) is 0.211. The standard InChI is InChI=1S/C19H21NO/c1-5-9-16-12-8-11-15(3)18(16)19(21)20(4)17-13-7-6-10-14(17)2/h5-8,10-13H,1,9H2,2-4H3. The van der Waals surface area contributed by atoms with Crippen LogP contribution in [0.4, 0.5) is 5.69 Å². The Kier molecular flexibility index (Phi) is 4.59. The van der Waals surface area contributed by atoms with Crippen molar-refractivity contribution in [2.75, 3.05) is 11.9 Å². The molecule has 2 nitrogen and oxygen atoms in total. The largest absolute Gasteiger partial charge is 0.311 e. The lowest BCUT2D eigenvalue weighted by Crippen LogP contribution is -2.28. The molecular formula is C19H21NO. The molecule has 21 heavy (non-hydrogen) atoms. The van der Waals surface area contributed by atoms with Crippen LogP contribution in [-0.4, -0.2) is 13.0 Å². The van der Waals surface area contributed by atoms with Gasteiger partial charge in [-0.1, -0.05) is 42.5 Å². The summed E-state index contributed by atoms with van der Waals surface area (Å²) in [5.74, 6) is 0.0271. The number of anilines is 1. The second-order valence-corrected chi connectivity index (χ2v) is 5.25. The van der Waals surface area contributed by atoms with Crippen molar-refractivity contribution in [2.45, 2.75) is 20.3 Å². The zero-order valence-corrected chi connectivity index (χ0v) is 12.9. The summed E-state index contributed by atoms with van der Waals surface area (Å²) in [6.45, 7) is 7.77. The first-order valence-electron chi connectivity index (χ1n) is 7.09. The number of amides is 1. The van der Waals surface area contributed by atoms with E-state index in [0.29, 0.717) is 6.42 Å². The molecule has 0 aliphatic rings. The van der Waals surface area contributed by atoms with Crippen LogP contribution in [0.25, 0.3) is 0 Å². The third kappa shape index (κ3) is 3.05. The maximum absolute atomic E-state index is 12.9. The van der Waals surface area contributed by atoms with E-state index in [0.717, 1.165) is 27.9 Å². The van der Waals surface area contributed by atoms with Gasteiger partial charge in [-0.05, 0) is 43.0 Å². The van der Waals surface area contributed by atoms with Crippen molar-refractivity contribution >= 4 is 11.6 Å². The molecule has 0 bridgehead atoms. The van der Waals surface area contributed by atoms with E-state index in [9.17, 15) is 4.79 Å². The molecule has 0 N–H and O–H groups in total. The maximum Gasteiger partial charge on any atom is 0.258 e. The average Bonchev–Trinajstić information content (AvgIpc) is 2.47. The highest BCUT2D eigenvalue weighted by Crippen LogP contribution is 2.23. The minimum atomic E-state index is 0.0271. The van der Waals surface area contributed by atoms with E-state index >= 15 is 0 Å². The molecule has 0 atom stereocenters. The Morgan fingerprint density at radius 2 is 1.76 bits per heavy atom. The van der Waals surface area contributed by atoms with Crippen LogP contribution in [0.1, 0.15) is 27.0 Å². The minimum absolute atomic E-state index is 0.0271. The van der Waals surface area contributed by atoms with E-state index in [-0.39, 0.29) is 5.91 Å². The SMILES string of the molecule is C=CCc1cccc(C)c1C(=O)N(C)c1ccccc1C. The summed E-state index contributed by atoms with van der Waals surface area (Å²) in [5.41, 5.74) is 4.83. The lowest BCUT2D eigenvalue weighted by atomic mass is 9.98. The first-order valence-corrected chi connectivity index (χ1v) is 7.09. The van der Waals surface area contributed by atoms with Crippen molar-refractivity contribution in [1.29, 1.82) is 0 Å². The third-order valence-corrected chi connectivity index (χ3v) is 3.72. The van der Waals surface area contributed by atoms with Crippen molar-refractivity contribution in [2.24, 2.45) is 0 Å². The van der Waals surface area contributed by atoms with Gasteiger partial charge in [0, 0.05) is 18.3 Å². The Hall–Kier alpha value is -2.35. The molecule has 0 fully saturated rings. The van der Waals surface area contributed by atoms with Crippen LogP contribution in [0.3, 0.4) is 0 Å². The first kappa shape index (κ1) is 15.0. The average molecular weight is 279 g/mol. The molecule has 0 aliphatic carbocycles. The topological polar surface area (TPSA) is 20.3 Å². The molecule has 0 aliphatic heterocycles. The number of hydrogen-bond acceptors (Lipinski definition) is 1. The van der Waals surface area contributed by atoms with Crippen molar-refractivity contribution < 1.29 is 4.79 Å². The lowest BCUT2D eigenvalue weighted by molar-refractivity contribution is 0.0991. The van der Waals surface area contributed by atoms with E-state index < -0.39 is 0 Å². The summed E-state index contributed by atoms with van der Waals surface area (Å²) in [4.78, 5) is 14.6. The molecule has 2 heteroatoms. The van der Waals surface area contributed by atoms with Gasteiger partial charge in [-0.3, -0.25) is 4.79 Å². The molecule has 2 aromatic carbocycles. The Morgan fingerprint density at radius 3 is 2.43 bits per heavy atom. The molecule has 0 unspecified atom stereocenters. The molecule has 0 saturated carbocycles. The quantitative estimate of drug-likeness (QED) is 0.764.